The lowest BCUT2D eigenvalue weighted by Gasteiger charge is -2.09. The predicted octanol–water partition coefficient (Wildman–Crippen LogP) is 4.52. The Morgan fingerprint density at radius 3 is 2.62 bits per heavy atom. The smallest absolute Gasteiger partial charge is 0.292 e. The Balaban J connectivity index is 2.18. The number of nitro groups is 1. The summed E-state index contributed by atoms with van der Waals surface area (Å²) in [7, 11) is 1.54. The molecule has 21 heavy (non-hydrogen) atoms. The van der Waals surface area contributed by atoms with Crippen LogP contribution in [0.25, 0.3) is 0 Å². The summed E-state index contributed by atoms with van der Waals surface area (Å²) in [5, 5.41) is 14.9. The normalized spacial score (nSPS) is 10.2. The third-order valence-corrected chi connectivity index (χ3v) is 3.38. The molecule has 0 bridgehead atoms. The molecule has 0 aliphatic heterocycles. The van der Waals surface area contributed by atoms with E-state index < -0.39 is 4.92 Å². The summed E-state index contributed by atoms with van der Waals surface area (Å²) in [6.45, 7) is 0.380. The SMILES string of the molecule is COc1ccc(CNc2cc(Cl)ccc2[N+](=O)[O-])cc1Cl. The maximum atomic E-state index is 11.0. The largest absolute Gasteiger partial charge is 0.495 e. The molecular weight excluding hydrogens is 315 g/mol. The molecule has 7 heteroatoms. The fourth-order valence-electron chi connectivity index (χ4n) is 1.83. The Morgan fingerprint density at radius 2 is 2.00 bits per heavy atom. The number of hydrogen-bond acceptors (Lipinski definition) is 4. The molecule has 0 fully saturated rings. The van der Waals surface area contributed by atoms with Gasteiger partial charge in [0.1, 0.15) is 11.4 Å². The molecule has 0 saturated heterocycles. The summed E-state index contributed by atoms with van der Waals surface area (Å²) in [5.41, 5.74) is 1.20. The van der Waals surface area contributed by atoms with Gasteiger partial charge in [-0.15, -0.1) is 0 Å². The van der Waals surface area contributed by atoms with Crippen molar-refractivity contribution in [2.45, 2.75) is 6.54 Å². The van der Waals surface area contributed by atoms with Crippen LogP contribution in [0.2, 0.25) is 10.0 Å². The van der Waals surface area contributed by atoms with Gasteiger partial charge in [0.05, 0.1) is 17.1 Å². The summed E-state index contributed by atoms with van der Waals surface area (Å²) in [6.07, 6.45) is 0. The van der Waals surface area contributed by atoms with E-state index in [1.165, 1.54) is 25.3 Å². The number of methoxy groups -OCH3 is 1. The average molecular weight is 327 g/mol. The Kier molecular flexibility index (Phi) is 4.88. The lowest BCUT2D eigenvalue weighted by molar-refractivity contribution is -0.384. The quantitative estimate of drug-likeness (QED) is 0.648. The molecule has 2 aromatic carbocycles. The second-order valence-electron chi connectivity index (χ2n) is 4.24. The highest BCUT2D eigenvalue weighted by Gasteiger charge is 2.13. The van der Waals surface area contributed by atoms with E-state index in [4.69, 9.17) is 27.9 Å². The van der Waals surface area contributed by atoms with E-state index >= 15 is 0 Å². The first-order valence-electron chi connectivity index (χ1n) is 6.01. The van der Waals surface area contributed by atoms with Crippen LogP contribution in [-0.2, 0) is 6.54 Å². The van der Waals surface area contributed by atoms with Crippen molar-refractivity contribution in [1.29, 1.82) is 0 Å². The standard InChI is InChI=1S/C14H12Cl2N2O3/c1-21-14-5-2-9(6-11(14)16)8-17-12-7-10(15)3-4-13(12)18(19)20/h2-7,17H,8H2,1H3. The zero-order valence-electron chi connectivity index (χ0n) is 11.1. The molecule has 0 unspecified atom stereocenters. The fourth-order valence-corrected chi connectivity index (χ4v) is 2.28. The molecule has 110 valence electrons. The number of anilines is 1. The van der Waals surface area contributed by atoms with Crippen LogP contribution >= 0.6 is 23.2 Å². The van der Waals surface area contributed by atoms with Crippen LogP contribution in [0, 0.1) is 10.1 Å². The highest BCUT2D eigenvalue weighted by atomic mass is 35.5. The third-order valence-electron chi connectivity index (χ3n) is 2.85. The third kappa shape index (κ3) is 3.77. The lowest BCUT2D eigenvalue weighted by atomic mass is 10.2. The molecule has 0 saturated carbocycles. The Labute approximate surface area is 131 Å². The van der Waals surface area contributed by atoms with Gasteiger partial charge < -0.3 is 10.1 Å². The van der Waals surface area contributed by atoms with Crippen LogP contribution in [-0.4, -0.2) is 12.0 Å². The van der Waals surface area contributed by atoms with E-state index in [-0.39, 0.29) is 5.69 Å². The summed E-state index contributed by atoms with van der Waals surface area (Å²) in [6, 6.07) is 9.68. The van der Waals surface area contributed by atoms with Crippen molar-refractivity contribution in [3.05, 3.63) is 62.1 Å². The van der Waals surface area contributed by atoms with E-state index in [0.717, 1.165) is 5.56 Å². The van der Waals surface area contributed by atoms with E-state index in [0.29, 0.717) is 28.0 Å². The van der Waals surface area contributed by atoms with Crippen LogP contribution in [0.3, 0.4) is 0 Å². The topological polar surface area (TPSA) is 64.4 Å². The van der Waals surface area contributed by atoms with E-state index in [9.17, 15) is 10.1 Å². The predicted molar refractivity (Wildman–Crippen MR) is 83.4 cm³/mol. The van der Waals surface area contributed by atoms with E-state index in [1.807, 2.05) is 6.07 Å². The zero-order valence-corrected chi connectivity index (χ0v) is 12.6. The van der Waals surface area contributed by atoms with Gasteiger partial charge in [0, 0.05) is 17.6 Å². The maximum absolute atomic E-state index is 11.0. The Bertz CT molecular complexity index is 677. The van der Waals surface area contributed by atoms with Crippen LogP contribution in [0.5, 0.6) is 5.75 Å². The molecule has 0 amide bonds. The molecule has 1 N–H and O–H groups in total. The molecular formula is C14H12Cl2N2O3. The van der Waals surface area contributed by atoms with Gasteiger partial charge in [-0.25, -0.2) is 0 Å². The second kappa shape index (κ2) is 6.65. The number of ether oxygens (including phenoxy) is 1. The Morgan fingerprint density at radius 1 is 1.24 bits per heavy atom. The van der Waals surface area contributed by atoms with Gasteiger partial charge in [0.25, 0.3) is 5.69 Å². The summed E-state index contributed by atoms with van der Waals surface area (Å²) >= 11 is 11.9. The first kappa shape index (κ1) is 15.4. The van der Waals surface area contributed by atoms with Gasteiger partial charge in [-0.1, -0.05) is 29.3 Å². The number of nitro benzene ring substituents is 1. The fraction of sp³-hybridized carbons (Fsp3) is 0.143. The minimum absolute atomic E-state index is 0.0287. The van der Waals surface area contributed by atoms with Gasteiger partial charge in [-0.2, -0.15) is 0 Å². The molecule has 0 aliphatic carbocycles. The minimum atomic E-state index is -0.459. The van der Waals surface area contributed by atoms with Crippen LogP contribution in [0.1, 0.15) is 5.56 Å². The van der Waals surface area contributed by atoms with E-state index in [2.05, 4.69) is 5.32 Å². The number of halogens is 2. The molecule has 0 aliphatic rings. The number of nitrogens with one attached hydrogen (secondary N) is 1. The van der Waals surface area contributed by atoms with Crippen LogP contribution in [0.4, 0.5) is 11.4 Å². The van der Waals surface area contributed by atoms with Crippen molar-refractivity contribution in [1.82, 2.24) is 0 Å². The van der Waals surface area contributed by atoms with Crippen LogP contribution < -0.4 is 10.1 Å². The monoisotopic (exact) mass is 326 g/mol. The van der Waals surface area contributed by atoms with Crippen molar-refractivity contribution in [2.24, 2.45) is 0 Å². The first-order valence-corrected chi connectivity index (χ1v) is 6.77. The number of benzene rings is 2. The Hall–Kier alpha value is -1.98. The average Bonchev–Trinajstić information content (AvgIpc) is 2.45. The van der Waals surface area contributed by atoms with Crippen molar-refractivity contribution in [3.63, 3.8) is 0 Å². The van der Waals surface area contributed by atoms with Crippen molar-refractivity contribution in [3.8, 4) is 5.75 Å². The van der Waals surface area contributed by atoms with Crippen molar-refractivity contribution < 1.29 is 9.66 Å². The van der Waals surface area contributed by atoms with Crippen molar-refractivity contribution in [2.75, 3.05) is 12.4 Å². The van der Waals surface area contributed by atoms with Gasteiger partial charge in [0.15, 0.2) is 0 Å². The molecule has 2 rings (SSSR count). The van der Waals surface area contributed by atoms with Gasteiger partial charge >= 0.3 is 0 Å². The molecule has 5 nitrogen and oxygen atoms in total. The first-order chi connectivity index (χ1) is 10.0. The summed E-state index contributed by atoms with van der Waals surface area (Å²) < 4.78 is 5.07. The van der Waals surface area contributed by atoms with Crippen molar-refractivity contribution >= 4 is 34.6 Å². The lowest BCUT2D eigenvalue weighted by Crippen LogP contribution is -2.03. The number of hydrogen-bond donors (Lipinski definition) is 1. The van der Waals surface area contributed by atoms with Gasteiger partial charge in [0.2, 0.25) is 0 Å². The van der Waals surface area contributed by atoms with Gasteiger partial charge in [-0.05, 0) is 29.8 Å². The molecule has 0 heterocycles. The van der Waals surface area contributed by atoms with Gasteiger partial charge in [-0.3, -0.25) is 10.1 Å². The molecule has 0 radical (unpaired) electrons. The van der Waals surface area contributed by atoms with Crippen LogP contribution in [0.15, 0.2) is 36.4 Å². The molecule has 0 atom stereocenters. The maximum Gasteiger partial charge on any atom is 0.292 e. The highest BCUT2D eigenvalue weighted by Crippen LogP contribution is 2.29. The highest BCUT2D eigenvalue weighted by molar-refractivity contribution is 6.32. The summed E-state index contributed by atoms with van der Waals surface area (Å²) in [5.74, 6) is 0.578. The molecule has 2 aromatic rings. The second-order valence-corrected chi connectivity index (χ2v) is 5.08. The zero-order chi connectivity index (χ0) is 15.4. The number of rotatable bonds is 5. The molecule has 0 spiro atoms. The number of nitrogens with zero attached hydrogens (tertiary/aromatic N) is 1. The molecule has 0 aromatic heterocycles. The minimum Gasteiger partial charge on any atom is -0.495 e. The van der Waals surface area contributed by atoms with E-state index in [1.54, 1.807) is 12.1 Å². The summed E-state index contributed by atoms with van der Waals surface area (Å²) in [4.78, 5) is 10.5.